The van der Waals surface area contributed by atoms with Crippen LogP contribution in [0.3, 0.4) is 0 Å². The lowest BCUT2D eigenvalue weighted by atomic mass is 10.1. The molecule has 2 N–H and O–H groups in total. The van der Waals surface area contributed by atoms with Crippen molar-refractivity contribution in [2.75, 3.05) is 13.7 Å². The number of hydrogen-bond donors (Lipinski definition) is 2. The molecule has 0 aliphatic carbocycles. The molecule has 6 heteroatoms. The van der Waals surface area contributed by atoms with Gasteiger partial charge in [0.15, 0.2) is 0 Å². The van der Waals surface area contributed by atoms with E-state index in [1.54, 1.807) is 7.11 Å². The quantitative estimate of drug-likeness (QED) is 0.792. The Kier molecular flexibility index (Phi) is 5.11. The lowest BCUT2D eigenvalue weighted by Gasteiger charge is -2.05. The Balaban J connectivity index is 1.66. The van der Waals surface area contributed by atoms with Crippen LogP contribution < -0.4 is 10.1 Å². The van der Waals surface area contributed by atoms with Crippen molar-refractivity contribution >= 4 is 5.91 Å². The number of carbonyl (C=O) groups excluding carboxylic acids is 1. The fourth-order valence-electron chi connectivity index (χ4n) is 1.81. The van der Waals surface area contributed by atoms with Crippen molar-refractivity contribution in [1.29, 1.82) is 0 Å². The van der Waals surface area contributed by atoms with E-state index in [2.05, 4.69) is 20.5 Å². The lowest BCUT2D eigenvalue weighted by molar-refractivity contribution is -0.121. The topological polar surface area (TPSA) is 79.9 Å². The van der Waals surface area contributed by atoms with Crippen LogP contribution in [-0.4, -0.2) is 34.7 Å². The Bertz CT molecular complexity index is 523. The summed E-state index contributed by atoms with van der Waals surface area (Å²) in [5, 5.41) is 9.37. The highest BCUT2D eigenvalue weighted by Gasteiger charge is 2.03. The molecule has 1 aromatic heterocycles. The van der Waals surface area contributed by atoms with Gasteiger partial charge in [-0.3, -0.25) is 9.89 Å². The molecular weight excluding hydrogens is 256 g/mol. The fourth-order valence-corrected chi connectivity index (χ4v) is 1.81. The van der Waals surface area contributed by atoms with Gasteiger partial charge in [0.25, 0.3) is 0 Å². The third kappa shape index (κ3) is 4.38. The predicted octanol–water partition coefficient (Wildman–Crippen LogP) is 1.10. The summed E-state index contributed by atoms with van der Waals surface area (Å²) in [4.78, 5) is 15.7. The molecule has 20 heavy (non-hydrogen) atoms. The summed E-state index contributed by atoms with van der Waals surface area (Å²) in [5.74, 6) is 1.64. The van der Waals surface area contributed by atoms with Crippen molar-refractivity contribution in [2.24, 2.45) is 0 Å². The van der Waals surface area contributed by atoms with E-state index in [0.29, 0.717) is 19.4 Å². The molecule has 0 radical (unpaired) electrons. The maximum absolute atomic E-state index is 11.7. The van der Waals surface area contributed by atoms with E-state index in [9.17, 15) is 4.79 Å². The molecule has 2 aromatic rings. The molecule has 106 valence electrons. The highest BCUT2D eigenvalue weighted by molar-refractivity contribution is 5.76. The van der Waals surface area contributed by atoms with Crippen LogP contribution in [0.4, 0.5) is 0 Å². The van der Waals surface area contributed by atoms with Crippen molar-refractivity contribution in [3.05, 3.63) is 42.0 Å². The molecule has 1 aromatic carbocycles. The number of methoxy groups -OCH3 is 1. The molecular formula is C14H18N4O2. The van der Waals surface area contributed by atoms with Gasteiger partial charge in [0, 0.05) is 19.4 Å². The molecule has 0 unspecified atom stereocenters. The van der Waals surface area contributed by atoms with Crippen LogP contribution in [0.5, 0.6) is 5.75 Å². The fraction of sp³-hybridized carbons (Fsp3) is 0.357. The molecule has 0 saturated carbocycles. The first kappa shape index (κ1) is 14.0. The highest BCUT2D eigenvalue weighted by Crippen LogP contribution is 2.12. The molecule has 0 fully saturated rings. The summed E-state index contributed by atoms with van der Waals surface area (Å²) in [5.41, 5.74) is 1.12. The van der Waals surface area contributed by atoms with E-state index >= 15 is 0 Å². The minimum absolute atomic E-state index is 0.0420. The van der Waals surface area contributed by atoms with Crippen molar-refractivity contribution in [3.8, 4) is 5.75 Å². The molecule has 0 atom stereocenters. The zero-order valence-corrected chi connectivity index (χ0v) is 11.4. The number of ether oxygens (including phenoxy) is 1. The molecule has 0 spiro atoms. The van der Waals surface area contributed by atoms with Crippen molar-refractivity contribution in [3.63, 3.8) is 0 Å². The van der Waals surface area contributed by atoms with Crippen LogP contribution in [0.1, 0.15) is 17.8 Å². The molecule has 0 bridgehead atoms. The Morgan fingerprint density at radius 2 is 2.10 bits per heavy atom. The minimum Gasteiger partial charge on any atom is -0.497 e. The zero-order chi connectivity index (χ0) is 14.2. The number of nitrogens with one attached hydrogen (secondary N) is 2. The van der Waals surface area contributed by atoms with Crippen LogP contribution in [-0.2, 0) is 17.6 Å². The Labute approximate surface area is 117 Å². The van der Waals surface area contributed by atoms with Gasteiger partial charge in [-0.15, -0.1) is 0 Å². The summed E-state index contributed by atoms with van der Waals surface area (Å²) in [6, 6.07) is 7.75. The van der Waals surface area contributed by atoms with Crippen LogP contribution in [0.2, 0.25) is 0 Å². The van der Waals surface area contributed by atoms with Gasteiger partial charge in [-0.05, 0) is 24.1 Å². The first-order valence-corrected chi connectivity index (χ1v) is 6.52. The van der Waals surface area contributed by atoms with Gasteiger partial charge >= 0.3 is 0 Å². The lowest BCUT2D eigenvalue weighted by Crippen LogP contribution is -2.26. The van der Waals surface area contributed by atoms with E-state index in [0.717, 1.165) is 23.6 Å². The van der Waals surface area contributed by atoms with Crippen LogP contribution in [0, 0.1) is 0 Å². The molecule has 1 amide bonds. The maximum atomic E-state index is 11.7. The van der Waals surface area contributed by atoms with Gasteiger partial charge in [-0.2, -0.15) is 5.10 Å². The average Bonchev–Trinajstić information content (AvgIpc) is 2.99. The highest BCUT2D eigenvalue weighted by atomic mass is 16.5. The molecule has 2 rings (SSSR count). The number of aromatic nitrogens is 3. The maximum Gasteiger partial charge on any atom is 0.220 e. The number of hydrogen-bond acceptors (Lipinski definition) is 4. The Morgan fingerprint density at radius 3 is 2.75 bits per heavy atom. The monoisotopic (exact) mass is 274 g/mol. The van der Waals surface area contributed by atoms with Crippen LogP contribution in [0.25, 0.3) is 0 Å². The van der Waals surface area contributed by atoms with E-state index < -0.39 is 0 Å². The average molecular weight is 274 g/mol. The summed E-state index contributed by atoms with van der Waals surface area (Å²) in [6.07, 6.45) is 3.32. The van der Waals surface area contributed by atoms with E-state index in [1.165, 1.54) is 6.33 Å². The number of aromatic amines is 1. The number of nitrogens with zero attached hydrogens (tertiary/aromatic N) is 2. The standard InChI is InChI=1S/C14H18N4O2/c1-20-12-5-2-11(3-6-12)4-7-14(19)15-9-8-13-16-10-17-18-13/h2-3,5-6,10H,4,7-9H2,1H3,(H,15,19)(H,16,17,18). The van der Waals surface area contributed by atoms with Gasteiger partial charge < -0.3 is 10.1 Å². The smallest absolute Gasteiger partial charge is 0.220 e. The summed E-state index contributed by atoms with van der Waals surface area (Å²) >= 11 is 0. The second-order valence-corrected chi connectivity index (χ2v) is 4.38. The second-order valence-electron chi connectivity index (χ2n) is 4.38. The molecule has 0 aliphatic rings. The summed E-state index contributed by atoms with van der Waals surface area (Å²) < 4.78 is 5.09. The minimum atomic E-state index is 0.0420. The third-order valence-electron chi connectivity index (χ3n) is 2.95. The number of H-pyrrole nitrogens is 1. The summed E-state index contributed by atoms with van der Waals surface area (Å²) in [7, 11) is 1.64. The van der Waals surface area contributed by atoms with Crippen molar-refractivity contribution < 1.29 is 9.53 Å². The van der Waals surface area contributed by atoms with Crippen LogP contribution in [0.15, 0.2) is 30.6 Å². The predicted molar refractivity (Wildman–Crippen MR) is 74.4 cm³/mol. The molecule has 0 aliphatic heterocycles. The summed E-state index contributed by atoms with van der Waals surface area (Å²) in [6.45, 7) is 0.566. The van der Waals surface area contributed by atoms with Gasteiger partial charge in [-0.25, -0.2) is 4.98 Å². The molecule has 1 heterocycles. The number of amides is 1. The first-order valence-electron chi connectivity index (χ1n) is 6.52. The first-order chi connectivity index (χ1) is 9.78. The normalized spacial score (nSPS) is 10.2. The zero-order valence-electron chi connectivity index (χ0n) is 11.4. The largest absolute Gasteiger partial charge is 0.497 e. The van der Waals surface area contributed by atoms with Gasteiger partial charge in [0.2, 0.25) is 5.91 Å². The van der Waals surface area contributed by atoms with E-state index in [-0.39, 0.29) is 5.91 Å². The van der Waals surface area contributed by atoms with Crippen LogP contribution >= 0.6 is 0 Å². The Morgan fingerprint density at radius 1 is 1.30 bits per heavy atom. The number of aryl methyl sites for hydroxylation is 1. The molecule has 0 saturated heterocycles. The van der Waals surface area contributed by atoms with Gasteiger partial charge in [0.1, 0.15) is 17.9 Å². The number of carbonyl (C=O) groups is 1. The van der Waals surface area contributed by atoms with Crippen molar-refractivity contribution in [1.82, 2.24) is 20.5 Å². The van der Waals surface area contributed by atoms with E-state index in [1.807, 2.05) is 24.3 Å². The Hall–Kier alpha value is -2.37. The van der Waals surface area contributed by atoms with Gasteiger partial charge in [-0.1, -0.05) is 12.1 Å². The number of rotatable bonds is 7. The molecule has 6 nitrogen and oxygen atoms in total. The third-order valence-corrected chi connectivity index (χ3v) is 2.95. The van der Waals surface area contributed by atoms with E-state index in [4.69, 9.17) is 4.74 Å². The SMILES string of the molecule is COc1ccc(CCC(=O)NCCc2ncn[nH]2)cc1. The second kappa shape index (κ2) is 7.28. The van der Waals surface area contributed by atoms with Gasteiger partial charge in [0.05, 0.1) is 7.11 Å². The van der Waals surface area contributed by atoms with Crippen molar-refractivity contribution in [2.45, 2.75) is 19.3 Å². The number of benzene rings is 1.